The quantitative estimate of drug-likeness (QED) is 0.258. The Morgan fingerprint density at radius 2 is 1.62 bits per heavy atom. The lowest BCUT2D eigenvalue weighted by Crippen LogP contribution is -2.46. The zero-order chi connectivity index (χ0) is 26.5. The number of fused-ring (bicyclic) bond motifs is 4. The van der Waals surface area contributed by atoms with Gasteiger partial charge in [-0.25, -0.2) is 19.1 Å². The molecular formula is C31H22ClFN6. The Hall–Kier alpha value is -4.75. The molecule has 0 spiro atoms. The van der Waals surface area contributed by atoms with Gasteiger partial charge in [0.2, 0.25) is 0 Å². The maximum atomic E-state index is 14.1. The zero-order valence-electron chi connectivity index (χ0n) is 20.9. The van der Waals surface area contributed by atoms with Gasteiger partial charge < -0.3 is 10.2 Å². The van der Waals surface area contributed by atoms with Crippen molar-refractivity contribution in [1.29, 1.82) is 0 Å². The van der Waals surface area contributed by atoms with Gasteiger partial charge in [-0.15, -0.1) is 0 Å². The molecule has 8 heteroatoms. The molecule has 7 rings (SSSR count). The average molecular weight is 533 g/mol. The summed E-state index contributed by atoms with van der Waals surface area (Å²) in [6, 6.07) is 31.8. The van der Waals surface area contributed by atoms with Gasteiger partial charge in [-0.2, -0.15) is 5.10 Å². The molecule has 0 bridgehead atoms. The Labute approximate surface area is 229 Å². The second-order valence-corrected chi connectivity index (χ2v) is 9.85. The summed E-state index contributed by atoms with van der Waals surface area (Å²) in [7, 11) is 0. The molecule has 4 aromatic carbocycles. The third kappa shape index (κ3) is 3.99. The molecule has 1 atom stereocenters. The Morgan fingerprint density at radius 3 is 2.41 bits per heavy atom. The Bertz CT molecular complexity index is 1780. The number of aryl methyl sites for hydroxylation is 1. The highest BCUT2D eigenvalue weighted by atomic mass is 35.5. The second-order valence-electron chi connectivity index (χ2n) is 9.41. The molecule has 0 saturated carbocycles. The number of para-hydroxylation sites is 3. The first-order valence-corrected chi connectivity index (χ1v) is 12.9. The molecule has 1 aromatic heterocycles. The van der Waals surface area contributed by atoms with Crippen LogP contribution in [-0.2, 0) is 0 Å². The van der Waals surface area contributed by atoms with Crippen molar-refractivity contribution in [1.82, 2.24) is 9.78 Å². The normalized spacial score (nSPS) is 15.6. The van der Waals surface area contributed by atoms with Gasteiger partial charge in [0.1, 0.15) is 5.82 Å². The van der Waals surface area contributed by atoms with Gasteiger partial charge in [0.15, 0.2) is 17.5 Å². The predicted molar refractivity (Wildman–Crippen MR) is 155 cm³/mol. The second kappa shape index (κ2) is 9.22. The van der Waals surface area contributed by atoms with Crippen LogP contribution in [0.2, 0.25) is 5.02 Å². The van der Waals surface area contributed by atoms with Crippen molar-refractivity contribution in [3.63, 3.8) is 0 Å². The van der Waals surface area contributed by atoms with E-state index in [1.807, 2.05) is 90.5 Å². The van der Waals surface area contributed by atoms with Crippen LogP contribution in [0.25, 0.3) is 5.69 Å². The van der Waals surface area contributed by atoms with E-state index in [4.69, 9.17) is 26.7 Å². The van der Waals surface area contributed by atoms with Gasteiger partial charge in [-0.3, -0.25) is 0 Å². The van der Waals surface area contributed by atoms with Gasteiger partial charge in [0.25, 0.3) is 0 Å². The smallest absolute Gasteiger partial charge is 0.179 e. The van der Waals surface area contributed by atoms with E-state index in [9.17, 15) is 4.39 Å². The molecule has 2 aliphatic heterocycles. The lowest BCUT2D eigenvalue weighted by atomic mass is 9.93. The van der Waals surface area contributed by atoms with E-state index in [0.29, 0.717) is 22.4 Å². The first-order chi connectivity index (χ1) is 19.1. The fourth-order valence-electron chi connectivity index (χ4n) is 5.21. The summed E-state index contributed by atoms with van der Waals surface area (Å²) in [6.45, 7) is 2.01. The lowest BCUT2D eigenvalue weighted by molar-refractivity contribution is 0.628. The summed E-state index contributed by atoms with van der Waals surface area (Å²) in [5.41, 5.74) is 6.08. The lowest BCUT2D eigenvalue weighted by Gasteiger charge is -2.40. The van der Waals surface area contributed by atoms with Gasteiger partial charge in [-0.05, 0) is 67.1 Å². The van der Waals surface area contributed by atoms with Crippen LogP contribution in [-0.4, -0.2) is 21.5 Å². The van der Waals surface area contributed by atoms with Crippen molar-refractivity contribution in [2.75, 3.05) is 10.2 Å². The van der Waals surface area contributed by atoms with Crippen molar-refractivity contribution in [3.05, 3.63) is 131 Å². The van der Waals surface area contributed by atoms with Crippen LogP contribution in [0.4, 0.5) is 27.3 Å². The van der Waals surface area contributed by atoms with Crippen LogP contribution in [0.5, 0.6) is 0 Å². The summed E-state index contributed by atoms with van der Waals surface area (Å²) in [5, 5.41) is 8.93. The molecule has 0 fully saturated rings. The van der Waals surface area contributed by atoms with E-state index >= 15 is 0 Å². The first-order valence-electron chi connectivity index (χ1n) is 12.6. The van der Waals surface area contributed by atoms with Gasteiger partial charge in [0.05, 0.1) is 28.8 Å². The highest BCUT2D eigenvalue weighted by Crippen LogP contribution is 2.48. The molecule has 0 radical (unpaired) electrons. The Balaban J connectivity index is 1.50. The minimum Gasteiger partial charge on any atom is -0.337 e. The third-order valence-corrected chi connectivity index (χ3v) is 7.16. The first kappa shape index (κ1) is 23.4. The Morgan fingerprint density at radius 1 is 0.846 bits per heavy atom. The van der Waals surface area contributed by atoms with Crippen molar-refractivity contribution in [2.45, 2.75) is 13.0 Å². The van der Waals surface area contributed by atoms with E-state index in [2.05, 4.69) is 10.2 Å². The number of aliphatic imine (C=N–C) groups is 2. The molecule has 0 unspecified atom stereocenters. The number of rotatable bonds is 3. The molecule has 2 aliphatic rings. The number of nitrogens with one attached hydrogen (secondary N) is 1. The number of halogens is 2. The molecular weight excluding hydrogens is 511 g/mol. The minimum atomic E-state index is -0.335. The number of aromatic nitrogens is 2. The van der Waals surface area contributed by atoms with Crippen molar-refractivity contribution >= 4 is 46.2 Å². The van der Waals surface area contributed by atoms with Gasteiger partial charge >= 0.3 is 0 Å². The summed E-state index contributed by atoms with van der Waals surface area (Å²) < 4.78 is 16.0. The third-order valence-electron chi connectivity index (χ3n) is 6.91. The fraction of sp³-hybridized carbons (Fsp3) is 0.0645. The zero-order valence-corrected chi connectivity index (χ0v) is 21.6. The van der Waals surface area contributed by atoms with Gasteiger partial charge in [-0.1, -0.05) is 60.1 Å². The van der Waals surface area contributed by atoms with Crippen molar-refractivity contribution in [3.8, 4) is 5.69 Å². The SMILES string of the molecule is Cc1nn(-c2ccccc2)c2c1[C@H](c1ccc(Cl)cc1)N1C(=N2)C(Nc2cccc(F)c2)=Nc2ccccc21. The number of benzene rings is 4. The number of hydrogen-bond donors (Lipinski definition) is 1. The summed E-state index contributed by atoms with van der Waals surface area (Å²) in [5.74, 6) is 1.52. The van der Waals surface area contributed by atoms with Crippen LogP contribution in [0.1, 0.15) is 22.9 Å². The summed E-state index contributed by atoms with van der Waals surface area (Å²) in [6.07, 6.45) is 0. The largest absolute Gasteiger partial charge is 0.337 e. The minimum absolute atomic E-state index is 0.261. The molecule has 6 nitrogen and oxygen atoms in total. The van der Waals surface area contributed by atoms with E-state index < -0.39 is 0 Å². The number of hydrogen-bond acceptors (Lipinski definition) is 5. The molecule has 3 heterocycles. The van der Waals surface area contributed by atoms with E-state index in [1.54, 1.807) is 12.1 Å². The van der Waals surface area contributed by atoms with Crippen molar-refractivity contribution < 1.29 is 4.39 Å². The molecule has 1 N–H and O–H groups in total. The number of nitrogens with zero attached hydrogens (tertiary/aromatic N) is 5. The maximum absolute atomic E-state index is 14.1. The maximum Gasteiger partial charge on any atom is 0.179 e. The molecule has 39 heavy (non-hydrogen) atoms. The number of anilines is 2. The summed E-state index contributed by atoms with van der Waals surface area (Å²) >= 11 is 6.30. The average Bonchev–Trinajstić information content (AvgIpc) is 3.29. The highest BCUT2D eigenvalue weighted by Gasteiger charge is 2.41. The summed E-state index contributed by atoms with van der Waals surface area (Å²) in [4.78, 5) is 12.3. The van der Waals surface area contributed by atoms with E-state index in [1.165, 1.54) is 12.1 Å². The van der Waals surface area contributed by atoms with Crippen molar-refractivity contribution in [2.24, 2.45) is 9.98 Å². The monoisotopic (exact) mass is 532 g/mol. The molecule has 5 aromatic rings. The van der Waals surface area contributed by atoms with Gasteiger partial charge in [0, 0.05) is 16.3 Å². The standard InChI is InChI=1S/C31H22ClFN6/c1-19-27-28(20-14-16-21(32)17-15-20)38-26-13-6-5-12-25(26)35-29(34-23-9-7-8-22(33)18-23)31(38)36-30(27)39(37-19)24-10-3-2-4-11-24/h2-18,28H,1H3,(H,34,35)/t28-/m0/s1. The molecule has 190 valence electrons. The highest BCUT2D eigenvalue weighted by molar-refractivity contribution is 6.51. The number of amidine groups is 2. The Kier molecular flexibility index (Phi) is 5.52. The van der Waals surface area contributed by atoms with E-state index in [0.717, 1.165) is 39.7 Å². The predicted octanol–water partition coefficient (Wildman–Crippen LogP) is 7.77. The fourth-order valence-corrected chi connectivity index (χ4v) is 5.34. The topological polar surface area (TPSA) is 57.8 Å². The van der Waals surface area contributed by atoms with Crippen LogP contribution in [0.3, 0.4) is 0 Å². The molecule has 0 aliphatic carbocycles. The molecule has 0 saturated heterocycles. The van der Waals surface area contributed by atoms with Crippen LogP contribution >= 0.6 is 11.6 Å². The van der Waals surface area contributed by atoms with Crippen LogP contribution in [0.15, 0.2) is 113 Å². The van der Waals surface area contributed by atoms with E-state index in [-0.39, 0.29) is 11.9 Å². The van der Waals surface area contributed by atoms with Crippen LogP contribution in [0, 0.1) is 12.7 Å². The molecule has 0 amide bonds. The van der Waals surface area contributed by atoms with Crippen LogP contribution < -0.4 is 10.2 Å².